The van der Waals surface area contributed by atoms with Crippen LogP contribution in [-0.4, -0.2) is 18.2 Å². The van der Waals surface area contributed by atoms with Crippen LogP contribution in [0.4, 0.5) is 0 Å². The summed E-state index contributed by atoms with van der Waals surface area (Å²) in [6.07, 6.45) is 1.83. The third kappa shape index (κ3) is 3.64. The first kappa shape index (κ1) is 14.8. The van der Waals surface area contributed by atoms with Crippen molar-refractivity contribution in [3.63, 3.8) is 0 Å². The zero-order chi connectivity index (χ0) is 13.7. The van der Waals surface area contributed by atoms with Crippen LogP contribution in [-0.2, 0) is 4.79 Å². The van der Waals surface area contributed by atoms with Crippen LogP contribution in [0, 0.1) is 6.92 Å². The monoisotopic (exact) mass is 270 g/mol. The number of ether oxygens (including phenoxy) is 1. The van der Waals surface area contributed by atoms with Crippen molar-refractivity contribution in [2.24, 2.45) is 0 Å². The van der Waals surface area contributed by atoms with E-state index in [1.165, 1.54) is 0 Å². The van der Waals surface area contributed by atoms with Crippen LogP contribution in [0.25, 0.3) is 0 Å². The van der Waals surface area contributed by atoms with Gasteiger partial charge in [-0.25, -0.2) is 0 Å². The van der Waals surface area contributed by atoms with Gasteiger partial charge < -0.3 is 9.84 Å². The predicted molar refractivity (Wildman–Crippen MR) is 72.6 cm³/mol. The molecule has 0 radical (unpaired) electrons. The molecule has 0 aliphatic rings. The number of aryl methyl sites for hydroxylation is 1. The zero-order valence-corrected chi connectivity index (χ0v) is 11.8. The van der Waals surface area contributed by atoms with Crippen molar-refractivity contribution < 1.29 is 14.6 Å². The Kier molecular flexibility index (Phi) is 5.48. The van der Waals surface area contributed by atoms with E-state index in [-0.39, 0.29) is 12.3 Å². The number of methoxy groups -OCH3 is 1. The van der Waals surface area contributed by atoms with Gasteiger partial charge in [0.25, 0.3) is 0 Å². The highest BCUT2D eigenvalue weighted by Crippen LogP contribution is 2.36. The van der Waals surface area contributed by atoms with Crippen molar-refractivity contribution in [1.82, 2.24) is 0 Å². The third-order valence-corrected chi connectivity index (χ3v) is 3.42. The van der Waals surface area contributed by atoms with Gasteiger partial charge in [-0.1, -0.05) is 24.9 Å². The summed E-state index contributed by atoms with van der Waals surface area (Å²) in [4.78, 5) is 10.9. The molecule has 1 aromatic rings. The summed E-state index contributed by atoms with van der Waals surface area (Å²) in [5, 5.41) is 9.64. The van der Waals surface area contributed by atoms with E-state index in [2.05, 4.69) is 0 Å². The van der Waals surface area contributed by atoms with E-state index in [0.29, 0.717) is 5.02 Å². The smallest absolute Gasteiger partial charge is 0.303 e. The summed E-state index contributed by atoms with van der Waals surface area (Å²) >= 11 is 6.12. The number of hydrogen-bond donors (Lipinski definition) is 1. The van der Waals surface area contributed by atoms with Crippen molar-refractivity contribution in [2.45, 2.75) is 39.0 Å². The van der Waals surface area contributed by atoms with E-state index in [4.69, 9.17) is 21.4 Å². The molecule has 1 rings (SSSR count). The van der Waals surface area contributed by atoms with Crippen LogP contribution in [0.3, 0.4) is 0 Å². The maximum absolute atomic E-state index is 10.9. The van der Waals surface area contributed by atoms with Crippen LogP contribution >= 0.6 is 11.6 Å². The summed E-state index contributed by atoms with van der Waals surface area (Å²) < 4.78 is 5.34. The molecule has 0 amide bonds. The van der Waals surface area contributed by atoms with Crippen LogP contribution in [0.2, 0.25) is 5.02 Å². The zero-order valence-electron chi connectivity index (χ0n) is 11.0. The van der Waals surface area contributed by atoms with E-state index < -0.39 is 5.97 Å². The molecule has 0 aliphatic carbocycles. The highest BCUT2D eigenvalue weighted by atomic mass is 35.5. The Balaban J connectivity index is 3.16. The highest BCUT2D eigenvalue weighted by Gasteiger charge is 2.20. The fraction of sp³-hybridized carbons (Fsp3) is 0.500. The van der Waals surface area contributed by atoms with Gasteiger partial charge in [0, 0.05) is 5.02 Å². The molecule has 0 heterocycles. The number of carbonyl (C=O) groups is 1. The summed E-state index contributed by atoms with van der Waals surface area (Å²) in [7, 11) is 1.59. The van der Waals surface area contributed by atoms with Gasteiger partial charge in [0.15, 0.2) is 0 Å². The summed E-state index contributed by atoms with van der Waals surface area (Å²) in [5.41, 5.74) is 1.82. The Morgan fingerprint density at radius 1 is 1.50 bits per heavy atom. The van der Waals surface area contributed by atoms with Gasteiger partial charge in [0.2, 0.25) is 0 Å². The van der Waals surface area contributed by atoms with Crippen molar-refractivity contribution in [1.29, 1.82) is 0 Å². The van der Waals surface area contributed by atoms with Crippen molar-refractivity contribution >= 4 is 17.6 Å². The lowest BCUT2D eigenvalue weighted by atomic mass is 9.90. The average Bonchev–Trinajstić information content (AvgIpc) is 2.31. The van der Waals surface area contributed by atoms with Crippen LogP contribution in [0.15, 0.2) is 12.1 Å². The molecule has 0 saturated heterocycles. The molecular formula is C14H19ClO3. The maximum Gasteiger partial charge on any atom is 0.303 e. The van der Waals surface area contributed by atoms with Crippen LogP contribution < -0.4 is 4.74 Å². The third-order valence-electron chi connectivity index (χ3n) is 3.01. The molecule has 3 nitrogen and oxygen atoms in total. The average molecular weight is 271 g/mol. The largest absolute Gasteiger partial charge is 0.496 e. The Labute approximate surface area is 113 Å². The number of hydrogen-bond acceptors (Lipinski definition) is 2. The minimum atomic E-state index is -0.799. The lowest BCUT2D eigenvalue weighted by Crippen LogP contribution is -2.08. The molecule has 0 aliphatic heterocycles. The van der Waals surface area contributed by atoms with Gasteiger partial charge in [0.05, 0.1) is 13.5 Å². The Morgan fingerprint density at radius 3 is 2.67 bits per heavy atom. The highest BCUT2D eigenvalue weighted by molar-refractivity contribution is 6.31. The second kappa shape index (κ2) is 6.64. The maximum atomic E-state index is 10.9. The first-order chi connectivity index (χ1) is 8.49. The fourth-order valence-electron chi connectivity index (χ4n) is 2.09. The quantitative estimate of drug-likeness (QED) is 0.849. The Hall–Kier alpha value is -1.22. The molecule has 0 bridgehead atoms. The number of benzene rings is 1. The predicted octanol–water partition coefficient (Wildman–Crippen LogP) is 4.02. The summed E-state index contributed by atoms with van der Waals surface area (Å²) in [6, 6.07) is 3.70. The molecule has 0 spiro atoms. The van der Waals surface area contributed by atoms with Crippen LogP contribution in [0.1, 0.15) is 43.2 Å². The van der Waals surface area contributed by atoms with Crippen molar-refractivity contribution in [3.8, 4) is 5.75 Å². The van der Waals surface area contributed by atoms with E-state index >= 15 is 0 Å². The lowest BCUT2D eigenvalue weighted by molar-refractivity contribution is -0.137. The van der Waals surface area contributed by atoms with E-state index in [0.717, 1.165) is 29.7 Å². The standard InChI is InChI=1S/C14H19ClO3/c1-4-5-10(7-14(16)17)11-8-12(15)9(2)6-13(11)18-3/h6,8,10H,4-5,7H2,1-3H3,(H,16,17). The Bertz CT molecular complexity index is 429. The van der Waals surface area contributed by atoms with Gasteiger partial charge in [-0.2, -0.15) is 0 Å². The first-order valence-corrected chi connectivity index (χ1v) is 6.43. The van der Waals surface area contributed by atoms with Crippen molar-refractivity contribution in [2.75, 3.05) is 7.11 Å². The first-order valence-electron chi connectivity index (χ1n) is 6.05. The van der Waals surface area contributed by atoms with Gasteiger partial charge in [-0.15, -0.1) is 0 Å². The van der Waals surface area contributed by atoms with Crippen molar-refractivity contribution in [3.05, 3.63) is 28.3 Å². The molecule has 100 valence electrons. The lowest BCUT2D eigenvalue weighted by Gasteiger charge is -2.19. The van der Waals surface area contributed by atoms with E-state index in [1.807, 2.05) is 26.0 Å². The normalized spacial score (nSPS) is 12.2. The number of aliphatic carboxylic acids is 1. The summed E-state index contributed by atoms with van der Waals surface area (Å²) in [6.45, 7) is 3.94. The van der Waals surface area contributed by atoms with E-state index in [9.17, 15) is 4.79 Å². The second-order valence-corrected chi connectivity index (χ2v) is 4.83. The van der Waals surface area contributed by atoms with E-state index in [1.54, 1.807) is 7.11 Å². The molecule has 0 fully saturated rings. The van der Waals surface area contributed by atoms with Crippen LogP contribution in [0.5, 0.6) is 5.75 Å². The number of rotatable bonds is 6. The van der Waals surface area contributed by atoms with Gasteiger partial charge >= 0.3 is 5.97 Å². The number of halogens is 1. The molecule has 4 heteroatoms. The molecule has 0 aromatic heterocycles. The topological polar surface area (TPSA) is 46.5 Å². The molecular weight excluding hydrogens is 252 g/mol. The minimum absolute atomic E-state index is 0.0550. The Morgan fingerprint density at radius 2 is 2.17 bits per heavy atom. The molecule has 1 aromatic carbocycles. The summed E-state index contributed by atoms with van der Waals surface area (Å²) in [5.74, 6) is -0.135. The fourth-order valence-corrected chi connectivity index (χ4v) is 2.27. The van der Waals surface area contributed by atoms with Gasteiger partial charge in [0.1, 0.15) is 5.75 Å². The van der Waals surface area contributed by atoms with Gasteiger partial charge in [-0.05, 0) is 42.5 Å². The van der Waals surface area contributed by atoms with Gasteiger partial charge in [-0.3, -0.25) is 4.79 Å². The number of carboxylic acid groups (broad SMARTS) is 1. The SMILES string of the molecule is CCCC(CC(=O)O)c1cc(Cl)c(C)cc1OC. The molecule has 18 heavy (non-hydrogen) atoms. The molecule has 1 unspecified atom stereocenters. The number of carboxylic acids is 1. The molecule has 1 N–H and O–H groups in total. The molecule has 0 saturated carbocycles. The molecule has 1 atom stereocenters. The second-order valence-electron chi connectivity index (χ2n) is 4.43. The minimum Gasteiger partial charge on any atom is -0.496 e.